The standard InChI is InChI=1S/C24H21FN2OS/c25-21-12-3-4-13-22(21)26-24-27(15-18-9-6-14-28-18)23(16-29-24)20-11-5-8-17-7-1-2-10-19(17)20/h1-5,7-8,10-13,16,18H,6,9,14-15H2. The molecule has 3 aromatic carbocycles. The molecular formula is C24H21FN2OS. The molecule has 0 amide bonds. The number of hydrogen-bond acceptors (Lipinski definition) is 3. The first-order valence-electron chi connectivity index (χ1n) is 9.87. The van der Waals surface area contributed by atoms with E-state index in [-0.39, 0.29) is 11.9 Å². The Morgan fingerprint density at radius 1 is 1.03 bits per heavy atom. The van der Waals surface area contributed by atoms with Gasteiger partial charge in [0.1, 0.15) is 11.5 Å². The number of fused-ring (bicyclic) bond motifs is 1. The van der Waals surface area contributed by atoms with E-state index in [1.54, 1.807) is 23.5 Å². The maximum Gasteiger partial charge on any atom is 0.190 e. The van der Waals surface area contributed by atoms with E-state index in [0.29, 0.717) is 5.69 Å². The fourth-order valence-electron chi connectivity index (χ4n) is 3.90. The summed E-state index contributed by atoms with van der Waals surface area (Å²) in [5, 5.41) is 4.52. The minimum atomic E-state index is -0.309. The van der Waals surface area contributed by atoms with E-state index in [4.69, 9.17) is 4.74 Å². The fraction of sp³-hybridized carbons (Fsp3) is 0.208. The van der Waals surface area contributed by atoms with Crippen LogP contribution in [0.4, 0.5) is 10.1 Å². The van der Waals surface area contributed by atoms with Crippen LogP contribution in [0.15, 0.2) is 77.1 Å². The van der Waals surface area contributed by atoms with E-state index in [9.17, 15) is 4.39 Å². The lowest BCUT2D eigenvalue weighted by atomic mass is 10.0. The van der Waals surface area contributed by atoms with Gasteiger partial charge in [0.25, 0.3) is 0 Å². The van der Waals surface area contributed by atoms with Gasteiger partial charge >= 0.3 is 0 Å². The Balaban J connectivity index is 1.69. The molecule has 1 aliphatic rings. The average molecular weight is 405 g/mol. The van der Waals surface area contributed by atoms with Crippen molar-refractivity contribution in [3.63, 3.8) is 0 Å². The maximum atomic E-state index is 14.2. The van der Waals surface area contributed by atoms with E-state index in [0.717, 1.165) is 42.1 Å². The van der Waals surface area contributed by atoms with Crippen LogP contribution in [0.1, 0.15) is 12.8 Å². The molecule has 1 aromatic heterocycles. The van der Waals surface area contributed by atoms with Crippen LogP contribution in [-0.2, 0) is 11.3 Å². The quantitative estimate of drug-likeness (QED) is 0.415. The number of ether oxygens (including phenoxy) is 1. The van der Waals surface area contributed by atoms with Crippen molar-refractivity contribution in [2.24, 2.45) is 4.99 Å². The topological polar surface area (TPSA) is 26.5 Å². The third-order valence-electron chi connectivity index (χ3n) is 5.34. The molecule has 0 bridgehead atoms. The highest BCUT2D eigenvalue weighted by atomic mass is 32.1. The van der Waals surface area contributed by atoms with Crippen LogP contribution in [0.2, 0.25) is 0 Å². The molecule has 146 valence electrons. The van der Waals surface area contributed by atoms with Crippen molar-refractivity contribution in [1.82, 2.24) is 4.57 Å². The fourth-order valence-corrected chi connectivity index (χ4v) is 4.82. The second-order valence-corrected chi connectivity index (χ2v) is 8.08. The first-order valence-corrected chi connectivity index (χ1v) is 10.7. The van der Waals surface area contributed by atoms with Gasteiger partial charge < -0.3 is 9.30 Å². The summed E-state index contributed by atoms with van der Waals surface area (Å²) in [6, 6.07) is 21.4. The molecule has 0 spiro atoms. The second-order valence-electron chi connectivity index (χ2n) is 7.24. The molecule has 1 atom stereocenters. The number of nitrogens with zero attached hydrogens (tertiary/aromatic N) is 2. The molecular weight excluding hydrogens is 383 g/mol. The van der Waals surface area contributed by atoms with Gasteiger partial charge in [0.2, 0.25) is 0 Å². The highest BCUT2D eigenvalue weighted by Crippen LogP contribution is 2.30. The monoisotopic (exact) mass is 404 g/mol. The van der Waals surface area contributed by atoms with Crippen molar-refractivity contribution in [3.8, 4) is 11.3 Å². The van der Waals surface area contributed by atoms with E-state index < -0.39 is 0 Å². The molecule has 3 nitrogen and oxygen atoms in total. The van der Waals surface area contributed by atoms with Crippen LogP contribution in [0.3, 0.4) is 0 Å². The predicted octanol–water partition coefficient (Wildman–Crippen LogP) is 5.92. The molecule has 1 fully saturated rings. The van der Waals surface area contributed by atoms with Crippen molar-refractivity contribution >= 4 is 27.8 Å². The van der Waals surface area contributed by atoms with Gasteiger partial charge in [-0.05, 0) is 35.7 Å². The van der Waals surface area contributed by atoms with Crippen LogP contribution in [0.5, 0.6) is 0 Å². The van der Waals surface area contributed by atoms with Gasteiger partial charge in [-0.2, -0.15) is 0 Å². The number of aromatic nitrogens is 1. The van der Waals surface area contributed by atoms with Gasteiger partial charge in [-0.3, -0.25) is 0 Å². The summed E-state index contributed by atoms with van der Waals surface area (Å²) in [4.78, 5) is 5.45. The predicted molar refractivity (Wildman–Crippen MR) is 116 cm³/mol. The zero-order chi connectivity index (χ0) is 19.6. The van der Waals surface area contributed by atoms with Crippen LogP contribution < -0.4 is 4.80 Å². The second kappa shape index (κ2) is 7.93. The molecule has 1 unspecified atom stereocenters. The molecule has 2 heterocycles. The van der Waals surface area contributed by atoms with E-state index in [1.165, 1.54) is 16.8 Å². The van der Waals surface area contributed by atoms with Gasteiger partial charge in [0.15, 0.2) is 4.80 Å². The number of para-hydroxylation sites is 1. The summed E-state index contributed by atoms with van der Waals surface area (Å²) in [6.45, 7) is 1.52. The summed E-state index contributed by atoms with van der Waals surface area (Å²) in [5.74, 6) is -0.309. The summed E-state index contributed by atoms with van der Waals surface area (Å²) in [7, 11) is 0. The van der Waals surface area contributed by atoms with Crippen LogP contribution in [0, 0.1) is 5.82 Å². The Bertz CT molecular complexity index is 1220. The van der Waals surface area contributed by atoms with Gasteiger partial charge in [0.05, 0.1) is 18.3 Å². The van der Waals surface area contributed by atoms with Gasteiger partial charge in [0, 0.05) is 17.6 Å². The zero-order valence-electron chi connectivity index (χ0n) is 15.9. The summed E-state index contributed by atoms with van der Waals surface area (Å²) in [6.07, 6.45) is 2.29. The van der Waals surface area contributed by atoms with E-state index in [1.807, 2.05) is 6.07 Å². The number of hydrogen-bond donors (Lipinski definition) is 0. The smallest absolute Gasteiger partial charge is 0.190 e. The molecule has 29 heavy (non-hydrogen) atoms. The maximum absolute atomic E-state index is 14.2. The number of benzene rings is 3. The number of rotatable bonds is 4. The van der Waals surface area contributed by atoms with Gasteiger partial charge in [-0.1, -0.05) is 54.6 Å². The van der Waals surface area contributed by atoms with Crippen molar-refractivity contribution in [1.29, 1.82) is 0 Å². The van der Waals surface area contributed by atoms with Crippen molar-refractivity contribution in [3.05, 3.63) is 82.7 Å². The average Bonchev–Trinajstić information content (AvgIpc) is 3.40. The lowest BCUT2D eigenvalue weighted by molar-refractivity contribution is 0.0968. The lowest BCUT2D eigenvalue weighted by Crippen LogP contribution is -2.24. The molecule has 0 saturated carbocycles. The molecule has 5 heteroatoms. The number of halogens is 1. The first-order chi connectivity index (χ1) is 14.3. The molecule has 0 aliphatic carbocycles. The molecule has 5 rings (SSSR count). The summed E-state index contributed by atoms with van der Waals surface area (Å²) >= 11 is 1.54. The van der Waals surface area contributed by atoms with Crippen molar-refractivity contribution in [2.45, 2.75) is 25.5 Å². The third kappa shape index (κ3) is 3.63. The Labute approximate surface area is 172 Å². The third-order valence-corrected chi connectivity index (χ3v) is 6.21. The Kier molecular flexibility index (Phi) is 5.00. The molecule has 1 aliphatic heterocycles. The SMILES string of the molecule is Fc1ccccc1N=c1scc(-c2cccc3ccccc23)n1CC1CCCO1. The molecule has 0 radical (unpaired) electrons. The number of thiazole rings is 1. The van der Waals surface area contributed by atoms with Crippen molar-refractivity contribution in [2.75, 3.05) is 6.61 Å². The Morgan fingerprint density at radius 2 is 1.86 bits per heavy atom. The molecule has 1 saturated heterocycles. The lowest BCUT2D eigenvalue weighted by Gasteiger charge is -2.15. The molecule has 0 N–H and O–H groups in total. The summed E-state index contributed by atoms with van der Waals surface area (Å²) in [5.41, 5.74) is 2.62. The Hall–Kier alpha value is -2.76. The minimum absolute atomic E-state index is 0.165. The van der Waals surface area contributed by atoms with E-state index >= 15 is 0 Å². The van der Waals surface area contributed by atoms with Crippen LogP contribution in [-0.4, -0.2) is 17.3 Å². The zero-order valence-corrected chi connectivity index (χ0v) is 16.7. The Morgan fingerprint density at radius 3 is 2.72 bits per heavy atom. The first kappa shape index (κ1) is 18.3. The normalized spacial score (nSPS) is 17.3. The highest BCUT2D eigenvalue weighted by molar-refractivity contribution is 7.07. The van der Waals surface area contributed by atoms with Gasteiger partial charge in [-0.25, -0.2) is 9.38 Å². The van der Waals surface area contributed by atoms with Gasteiger partial charge in [-0.15, -0.1) is 11.3 Å². The largest absolute Gasteiger partial charge is 0.376 e. The van der Waals surface area contributed by atoms with Crippen LogP contribution >= 0.6 is 11.3 Å². The summed E-state index contributed by atoms with van der Waals surface area (Å²) < 4.78 is 22.3. The van der Waals surface area contributed by atoms with Crippen molar-refractivity contribution < 1.29 is 9.13 Å². The van der Waals surface area contributed by atoms with E-state index in [2.05, 4.69) is 57.4 Å². The highest BCUT2D eigenvalue weighted by Gasteiger charge is 2.20. The minimum Gasteiger partial charge on any atom is -0.376 e. The van der Waals surface area contributed by atoms with Crippen LogP contribution in [0.25, 0.3) is 22.0 Å². The molecule has 4 aromatic rings.